The van der Waals surface area contributed by atoms with Gasteiger partial charge in [0, 0.05) is 17.3 Å². The number of hydrogen-bond donors (Lipinski definition) is 1. The molecule has 9 heteroatoms. The molecule has 0 aliphatic rings. The number of carbonyl (C=O) groups is 1. The highest BCUT2D eigenvalue weighted by atomic mass is 35.5. The molecule has 0 aliphatic heterocycles. The number of amides is 1. The summed E-state index contributed by atoms with van der Waals surface area (Å²) in [5, 5.41) is 12.2. The summed E-state index contributed by atoms with van der Waals surface area (Å²) < 4.78 is 24.0. The quantitative estimate of drug-likeness (QED) is 0.290. The van der Waals surface area contributed by atoms with Crippen LogP contribution in [0.4, 0.5) is 10.1 Å². The monoisotopic (exact) mass is 488 g/mol. The Labute approximate surface area is 204 Å². The largest absolute Gasteiger partial charge is 0.495 e. The average molecular weight is 489 g/mol. The molecule has 35 heavy (non-hydrogen) atoms. The fraction of sp³-hybridized carbons (Fsp3) is 0.0385. The second-order valence-corrected chi connectivity index (χ2v) is 7.95. The van der Waals surface area contributed by atoms with E-state index in [1.54, 1.807) is 73.8 Å². The van der Waals surface area contributed by atoms with E-state index in [0.29, 0.717) is 44.7 Å². The molecule has 0 atom stereocenters. The molecule has 3 aromatic carbocycles. The molecule has 2 heterocycles. The first kappa shape index (κ1) is 22.4. The molecule has 1 N–H and O–H groups in total. The minimum absolute atomic E-state index is 0.317. The number of anilines is 1. The summed E-state index contributed by atoms with van der Waals surface area (Å²) >= 11 is 6.20. The summed E-state index contributed by atoms with van der Waals surface area (Å²) in [6, 6.07) is 20.0. The summed E-state index contributed by atoms with van der Waals surface area (Å²) in [5.74, 6) is 0.987. The second-order valence-electron chi connectivity index (χ2n) is 7.54. The molecular weight excluding hydrogens is 471 g/mol. The Morgan fingerprint density at radius 3 is 2.60 bits per heavy atom. The number of halogens is 2. The van der Waals surface area contributed by atoms with Crippen LogP contribution in [0.3, 0.4) is 0 Å². The number of carbonyl (C=O) groups excluding carboxylic acids is 1. The van der Waals surface area contributed by atoms with Crippen molar-refractivity contribution >= 4 is 40.3 Å². The van der Waals surface area contributed by atoms with Crippen molar-refractivity contribution in [3.8, 4) is 22.8 Å². The minimum atomic E-state index is -0.335. The summed E-state index contributed by atoms with van der Waals surface area (Å²) in [6.45, 7) is 0. The van der Waals surface area contributed by atoms with Gasteiger partial charge in [-0.05, 0) is 78.9 Å². The maximum Gasteiger partial charge on any atom is 0.248 e. The molecule has 5 rings (SSSR count). The maximum absolute atomic E-state index is 13.1. The van der Waals surface area contributed by atoms with Crippen LogP contribution in [0.5, 0.6) is 5.75 Å². The Hall–Kier alpha value is -4.43. The van der Waals surface area contributed by atoms with Crippen LogP contribution in [0, 0.1) is 5.82 Å². The van der Waals surface area contributed by atoms with Crippen LogP contribution in [-0.4, -0.2) is 28.0 Å². The molecule has 0 saturated heterocycles. The number of rotatable bonds is 6. The molecule has 0 bridgehead atoms. The van der Waals surface area contributed by atoms with Gasteiger partial charge in [0.1, 0.15) is 34.1 Å². The van der Waals surface area contributed by atoms with Crippen LogP contribution in [0.2, 0.25) is 5.02 Å². The summed E-state index contributed by atoms with van der Waals surface area (Å²) in [7, 11) is 1.55. The SMILES string of the molecule is COc1ccc(-n2nc3ccc(NC(=O)/C=C/c4ccc(-c5ccc(F)cc5)o4)cc3n2)cc1Cl. The normalized spacial score (nSPS) is 11.3. The van der Waals surface area contributed by atoms with Crippen LogP contribution in [0.1, 0.15) is 5.76 Å². The van der Waals surface area contributed by atoms with Gasteiger partial charge in [0.25, 0.3) is 0 Å². The van der Waals surface area contributed by atoms with Crippen LogP contribution < -0.4 is 10.1 Å². The van der Waals surface area contributed by atoms with Gasteiger partial charge in [-0.1, -0.05) is 11.6 Å². The van der Waals surface area contributed by atoms with Gasteiger partial charge in [0.05, 0.1) is 17.8 Å². The van der Waals surface area contributed by atoms with Gasteiger partial charge in [-0.3, -0.25) is 4.79 Å². The van der Waals surface area contributed by atoms with Gasteiger partial charge >= 0.3 is 0 Å². The van der Waals surface area contributed by atoms with E-state index >= 15 is 0 Å². The highest BCUT2D eigenvalue weighted by molar-refractivity contribution is 6.32. The zero-order valence-corrected chi connectivity index (χ0v) is 19.2. The predicted molar refractivity (Wildman–Crippen MR) is 132 cm³/mol. The molecule has 2 aromatic heterocycles. The minimum Gasteiger partial charge on any atom is -0.495 e. The van der Waals surface area contributed by atoms with Gasteiger partial charge in [0.15, 0.2) is 0 Å². The first-order valence-electron chi connectivity index (χ1n) is 10.5. The first-order valence-corrected chi connectivity index (χ1v) is 10.9. The lowest BCUT2D eigenvalue weighted by molar-refractivity contribution is -0.111. The summed E-state index contributed by atoms with van der Waals surface area (Å²) in [6.07, 6.45) is 2.93. The van der Waals surface area contributed by atoms with Gasteiger partial charge < -0.3 is 14.5 Å². The maximum atomic E-state index is 13.1. The molecule has 174 valence electrons. The van der Waals surface area contributed by atoms with Crippen LogP contribution in [-0.2, 0) is 4.79 Å². The van der Waals surface area contributed by atoms with E-state index in [1.165, 1.54) is 23.0 Å². The smallest absolute Gasteiger partial charge is 0.248 e. The van der Waals surface area contributed by atoms with Gasteiger partial charge in [-0.2, -0.15) is 4.80 Å². The van der Waals surface area contributed by atoms with E-state index in [2.05, 4.69) is 15.5 Å². The Morgan fingerprint density at radius 1 is 1.03 bits per heavy atom. The average Bonchev–Trinajstić information content (AvgIpc) is 3.50. The number of nitrogens with zero attached hydrogens (tertiary/aromatic N) is 3. The van der Waals surface area contributed by atoms with E-state index in [-0.39, 0.29) is 11.7 Å². The van der Waals surface area contributed by atoms with Crippen molar-refractivity contribution in [2.45, 2.75) is 0 Å². The molecule has 1 amide bonds. The van der Waals surface area contributed by atoms with Gasteiger partial charge in [0.2, 0.25) is 5.91 Å². The molecule has 0 fully saturated rings. The third-order valence-electron chi connectivity index (χ3n) is 5.17. The number of fused-ring (bicyclic) bond motifs is 1. The van der Waals surface area contributed by atoms with Crippen LogP contribution in [0.15, 0.2) is 83.3 Å². The number of furan rings is 1. The fourth-order valence-electron chi connectivity index (χ4n) is 3.44. The van der Waals surface area contributed by atoms with Crippen molar-refractivity contribution in [2.75, 3.05) is 12.4 Å². The number of nitrogens with one attached hydrogen (secondary N) is 1. The third kappa shape index (κ3) is 4.92. The number of aromatic nitrogens is 3. The van der Waals surface area contributed by atoms with E-state index < -0.39 is 0 Å². The fourth-order valence-corrected chi connectivity index (χ4v) is 3.69. The molecule has 0 spiro atoms. The predicted octanol–water partition coefficient (Wildman–Crippen LogP) is 6.13. The van der Waals surface area contributed by atoms with Crippen LogP contribution in [0.25, 0.3) is 34.1 Å². The van der Waals surface area contributed by atoms with E-state index in [9.17, 15) is 9.18 Å². The molecule has 0 unspecified atom stereocenters. The summed E-state index contributed by atoms with van der Waals surface area (Å²) in [5.41, 5.74) is 3.26. The van der Waals surface area contributed by atoms with Crippen LogP contribution >= 0.6 is 11.6 Å². The van der Waals surface area contributed by atoms with Crippen molar-refractivity contribution in [3.05, 3.63) is 95.5 Å². The van der Waals surface area contributed by atoms with E-state index in [1.807, 2.05) is 0 Å². The third-order valence-corrected chi connectivity index (χ3v) is 5.46. The molecule has 7 nitrogen and oxygen atoms in total. The van der Waals surface area contributed by atoms with Crippen molar-refractivity contribution in [2.24, 2.45) is 0 Å². The molecule has 0 saturated carbocycles. The zero-order chi connectivity index (χ0) is 24.4. The number of hydrogen-bond acceptors (Lipinski definition) is 5. The van der Waals surface area contributed by atoms with E-state index in [4.69, 9.17) is 20.8 Å². The highest BCUT2D eigenvalue weighted by Crippen LogP contribution is 2.27. The van der Waals surface area contributed by atoms with Gasteiger partial charge in [-0.25, -0.2) is 4.39 Å². The van der Waals surface area contributed by atoms with Crippen molar-refractivity contribution in [1.82, 2.24) is 15.0 Å². The standard InChI is InChI=1S/C26H18ClFN4O3/c1-34-25-11-7-19(15-21(25)27)32-30-22-10-6-18(14-23(22)31-32)29-26(33)13-9-20-8-12-24(35-20)16-2-4-17(28)5-3-16/h2-15H,1H3,(H,29,33)/b13-9+. The Bertz CT molecular complexity index is 1560. The summed E-state index contributed by atoms with van der Waals surface area (Å²) in [4.78, 5) is 13.9. The lowest BCUT2D eigenvalue weighted by atomic mass is 10.2. The molecule has 0 radical (unpaired) electrons. The Kier molecular flexibility index (Phi) is 6.03. The van der Waals surface area contributed by atoms with Crippen molar-refractivity contribution < 1.29 is 18.3 Å². The highest BCUT2D eigenvalue weighted by Gasteiger charge is 2.09. The molecule has 0 aliphatic carbocycles. The number of ether oxygens (including phenoxy) is 1. The number of methoxy groups -OCH3 is 1. The lowest BCUT2D eigenvalue weighted by Crippen LogP contribution is -2.07. The number of benzene rings is 3. The first-order chi connectivity index (χ1) is 17.0. The molecule has 5 aromatic rings. The van der Waals surface area contributed by atoms with Crippen molar-refractivity contribution in [1.29, 1.82) is 0 Å². The lowest BCUT2D eigenvalue weighted by Gasteiger charge is -2.04. The Balaban J connectivity index is 1.28. The second kappa shape index (κ2) is 9.44. The zero-order valence-electron chi connectivity index (χ0n) is 18.4. The van der Waals surface area contributed by atoms with Gasteiger partial charge in [-0.15, -0.1) is 10.2 Å². The van der Waals surface area contributed by atoms with E-state index in [0.717, 1.165) is 5.56 Å². The Morgan fingerprint density at radius 2 is 1.83 bits per heavy atom. The topological polar surface area (TPSA) is 82.2 Å². The molecular formula is C26H18ClFN4O3. The van der Waals surface area contributed by atoms with Crippen molar-refractivity contribution in [3.63, 3.8) is 0 Å².